The zero-order valence-electron chi connectivity index (χ0n) is 13.4. The van der Waals surface area contributed by atoms with Gasteiger partial charge >= 0.3 is 0 Å². The highest BCUT2D eigenvalue weighted by atomic mass is 16.5. The van der Waals surface area contributed by atoms with Crippen molar-refractivity contribution < 1.29 is 4.74 Å². The first-order chi connectivity index (χ1) is 9.69. The first kappa shape index (κ1) is 15.5. The van der Waals surface area contributed by atoms with E-state index in [9.17, 15) is 0 Å². The maximum absolute atomic E-state index is 5.79. The molecule has 0 bridgehead atoms. The molecule has 1 aromatic rings. The van der Waals surface area contributed by atoms with Crippen molar-refractivity contribution >= 4 is 0 Å². The number of aromatic nitrogens is 2. The maximum Gasteiger partial charge on any atom is 0.0756 e. The summed E-state index contributed by atoms with van der Waals surface area (Å²) in [6.45, 7) is 8.42. The van der Waals surface area contributed by atoms with Crippen molar-refractivity contribution in [1.29, 1.82) is 0 Å². The smallest absolute Gasteiger partial charge is 0.0756 e. The second-order valence-corrected chi connectivity index (χ2v) is 5.90. The zero-order chi connectivity index (χ0) is 14.5. The average Bonchev–Trinajstić information content (AvgIpc) is 3.20. The Hall–Kier alpha value is -0.870. The summed E-state index contributed by atoms with van der Waals surface area (Å²) in [5.41, 5.74) is 2.43. The monoisotopic (exact) mass is 279 g/mol. The highest BCUT2D eigenvalue weighted by Gasteiger charge is 2.36. The molecule has 2 unspecified atom stereocenters. The minimum atomic E-state index is 0.335. The quantitative estimate of drug-likeness (QED) is 0.755. The van der Waals surface area contributed by atoms with Crippen molar-refractivity contribution in [2.24, 2.45) is 5.92 Å². The van der Waals surface area contributed by atoms with Gasteiger partial charge in [0, 0.05) is 31.8 Å². The molecule has 0 radical (unpaired) electrons. The first-order valence-electron chi connectivity index (χ1n) is 7.99. The normalized spacial score (nSPS) is 18.2. The Morgan fingerprint density at radius 1 is 1.45 bits per heavy atom. The molecular formula is C16H29N3O. The van der Waals surface area contributed by atoms with Crippen LogP contribution in [0.2, 0.25) is 0 Å². The first-order valence-corrected chi connectivity index (χ1v) is 7.99. The molecular weight excluding hydrogens is 250 g/mol. The number of nitrogens with one attached hydrogen (secondary N) is 1. The standard InChI is InChI=1S/C16H29N3O/c1-5-9-17-15(16(20-4)13-7-8-13)11-14-10-12(3)18-19(14)6-2/h10,13,15-17H,5-9,11H2,1-4H3. The molecule has 1 aromatic heterocycles. The van der Waals surface area contributed by atoms with E-state index in [2.05, 4.69) is 41.9 Å². The van der Waals surface area contributed by atoms with Crippen molar-refractivity contribution in [3.63, 3.8) is 0 Å². The predicted molar refractivity (Wildman–Crippen MR) is 81.9 cm³/mol. The summed E-state index contributed by atoms with van der Waals surface area (Å²) >= 11 is 0. The van der Waals surface area contributed by atoms with Crippen molar-refractivity contribution in [3.8, 4) is 0 Å². The fourth-order valence-electron chi connectivity index (χ4n) is 3.01. The molecule has 114 valence electrons. The van der Waals surface area contributed by atoms with Gasteiger partial charge in [0.15, 0.2) is 0 Å². The Morgan fingerprint density at radius 2 is 2.20 bits per heavy atom. The minimum Gasteiger partial charge on any atom is -0.380 e. The Balaban J connectivity index is 2.09. The number of methoxy groups -OCH3 is 1. The Labute approximate surface area is 122 Å². The van der Waals surface area contributed by atoms with Gasteiger partial charge < -0.3 is 10.1 Å². The van der Waals surface area contributed by atoms with Crippen LogP contribution in [-0.4, -0.2) is 35.6 Å². The lowest BCUT2D eigenvalue weighted by Crippen LogP contribution is -2.44. The fourth-order valence-corrected chi connectivity index (χ4v) is 3.01. The average molecular weight is 279 g/mol. The van der Waals surface area contributed by atoms with E-state index in [-0.39, 0.29) is 0 Å². The van der Waals surface area contributed by atoms with Crippen LogP contribution < -0.4 is 5.32 Å². The minimum absolute atomic E-state index is 0.335. The number of ether oxygens (including phenoxy) is 1. The van der Waals surface area contributed by atoms with Crippen LogP contribution in [0.3, 0.4) is 0 Å². The molecule has 1 saturated carbocycles. The van der Waals surface area contributed by atoms with Crippen LogP contribution in [-0.2, 0) is 17.7 Å². The molecule has 1 N–H and O–H groups in total. The number of hydrogen-bond acceptors (Lipinski definition) is 3. The van der Waals surface area contributed by atoms with Crippen LogP contribution in [0.1, 0.15) is 44.5 Å². The van der Waals surface area contributed by atoms with Gasteiger partial charge in [-0.25, -0.2) is 0 Å². The van der Waals surface area contributed by atoms with E-state index < -0.39 is 0 Å². The molecule has 2 rings (SSSR count). The van der Waals surface area contributed by atoms with E-state index in [1.807, 2.05) is 7.11 Å². The van der Waals surface area contributed by atoms with Gasteiger partial charge in [0.2, 0.25) is 0 Å². The summed E-state index contributed by atoms with van der Waals surface area (Å²) in [5, 5.41) is 8.24. The molecule has 0 aromatic carbocycles. The van der Waals surface area contributed by atoms with Crippen molar-refractivity contribution in [3.05, 3.63) is 17.5 Å². The van der Waals surface area contributed by atoms with E-state index >= 15 is 0 Å². The fraction of sp³-hybridized carbons (Fsp3) is 0.812. The molecule has 2 atom stereocenters. The summed E-state index contributed by atoms with van der Waals surface area (Å²) in [6.07, 6.45) is 5.12. The zero-order valence-corrected chi connectivity index (χ0v) is 13.4. The van der Waals surface area contributed by atoms with Gasteiger partial charge in [-0.3, -0.25) is 4.68 Å². The van der Waals surface area contributed by atoms with E-state index in [1.54, 1.807) is 0 Å². The molecule has 1 fully saturated rings. The van der Waals surface area contributed by atoms with Gasteiger partial charge in [0.1, 0.15) is 0 Å². The third-order valence-electron chi connectivity index (χ3n) is 4.13. The van der Waals surface area contributed by atoms with Crippen molar-refractivity contribution in [2.45, 2.75) is 65.1 Å². The van der Waals surface area contributed by atoms with Crippen LogP contribution in [0, 0.1) is 12.8 Å². The molecule has 0 spiro atoms. The highest BCUT2D eigenvalue weighted by molar-refractivity contribution is 5.11. The van der Waals surface area contributed by atoms with E-state index in [4.69, 9.17) is 4.74 Å². The lowest BCUT2D eigenvalue weighted by atomic mass is 10.0. The Kier molecular flexibility index (Phi) is 5.61. The van der Waals surface area contributed by atoms with Gasteiger partial charge in [-0.2, -0.15) is 5.10 Å². The summed E-state index contributed by atoms with van der Waals surface area (Å²) in [4.78, 5) is 0. The van der Waals surface area contributed by atoms with E-state index in [0.29, 0.717) is 12.1 Å². The SMILES string of the molecule is CCCNC(Cc1cc(C)nn1CC)C(OC)C1CC1. The largest absolute Gasteiger partial charge is 0.380 e. The molecule has 1 aliphatic rings. The van der Waals surface area contributed by atoms with Crippen molar-refractivity contribution in [1.82, 2.24) is 15.1 Å². The van der Waals surface area contributed by atoms with Gasteiger partial charge in [-0.1, -0.05) is 6.92 Å². The lowest BCUT2D eigenvalue weighted by Gasteiger charge is -2.27. The maximum atomic E-state index is 5.79. The molecule has 1 heterocycles. The Morgan fingerprint density at radius 3 is 2.75 bits per heavy atom. The van der Waals surface area contributed by atoms with Crippen LogP contribution in [0.5, 0.6) is 0 Å². The Bertz CT molecular complexity index is 412. The van der Waals surface area contributed by atoms with Gasteiger partial charge in [0.05, 0.1) is 11.8 Å². The van der Waals surface area contributed by atoms with Crippen LogP contribution in [0.4, 0.5) is 0 Å². The van der Waals surface area contributed by atoms with Gasteiger partial charge in [0.25, 0.3) is 0 Å². The highest BCUT2D eigenvalue weighted by Crippen LogP contribution is 2.36. The molecule has 0 saturated heterocycles. The summed E-state index contributed by atoms with van der Waals surface area (Å²) in [5.74, 6) is 0.744. The summed E-state index contributed by atoms with van der Waals surface area (Å²) in [7, 11) is 1.85. The third-order valence-corrected chi connectivity index (χ3v) is 4.13. The van der Waals surface area contributed by atoms with Gasteiger partial charge in [-0.05, 0) is 51.6 Å². The summed E-state index contributed by atoms with van der Waals surface area (Å²) < 4.78 is 7.91. The van der Waals surface area contributed by atoms with E-state index in [0.717, 1.165) is 37.5 Å². The number of hydrogen-bond donors (Lipinski definition) is 1. The van der Waals surface area contributed by atoms with Crippen LogP contribution in [0.15, 0.2) is 6.07 Å². The van der Waals surface area contributed by atoms with Crippen molar-refractivity contribution in [2.75, 3.05) is 13.7 Å². The van der Waals surface area contributed by atoms with Crippen LogP contribution >= 0.6 is 0 Å². The molecule has 4 nitrogen and oxygen atoms in total. The molecule has 1 aliphatic carbocycles. The predicted octanol–water partition coefficient (Wildman–Crippen LogP) is 2.55. The molecule has 4 heteroatoms. The van der Waals surface area contributed by atoms with Gasteiger partial charge in [-0.15, -0.1) is 0 Å². The lowest BCUT2D eigenvalue weighted by molar-refractivity contribution is 0.0505. The molecule has 0 aliphatic heterocycles. The number of nitrogens with zero attached hydrogens (tertiary/aromatic N) is 2. The van der Waals surface area contributed by atoms with E-state index in [1.165, 1.54) is 18.5 Å². The second kappa shape index (κ2) is 7.23. The number of rotatable bonds is 9. The third kappa shape index (κ3) is 3.83. The van der Waals surface area contributed by atoms with Crippen LogP contribution in [0.25, 0.3) is 0 Å². The number of aryl methyl sites for hydroxylation is 2. The topological polar surface area (TPSA) is 39.1 Å². The second-order valence-electron chi connectivity index (χ2n) is 5.90. The summed E-state index contributed by atoms with van der Waals surface area (Å²) in [6, 6.07) is 2.61. The molecule has 20 heavy (non-hydrogen) atoms. The molecule has 0 amide bonds.